The molecular formula is C22H19ClN4O3S. The lowest BCUT2D eigenvalue weighted by atomic mass is 10.1. The van der Waals surface area contributed by atoms with Crippen LogP contribution in [0.25, 0.3) is 16.6 Å². The molecule has 1 aromatic carbocycles. The number of hydrogen-bond acceptors (Lipinski definition) is 7. The summed E-state index contributed by atoms with van der Waals surface area (Å²) >= 11 is 7.69. The van der Waals surface area contributed by atoms with Crippen molar-refractivity contribution < 1.29 is 14.3 Å². The maximum atomic E-state index is 11.5. The molecule has 0 aliphatic rings. The Morgan fingerprint density at radius 2 is 2.13 bits per heavy atom. The molecule has 0 aliphatic heterocycles. The molecule has 0 radical (unpaired) electrons. The lowest BCUT2D eigenvalue weighted by Gasteiger charge is -2.15. The van der Waals surface area contributed by atoms with Gasteiger partial charge in [-0.3, -0.25) is 9.78 Å². The predicted molar refractivity (Wildman–Crippen MR) is 120 cm³/mol. The smallest absolute Gasteiger partial charge is 0.315 e. The lowest BCUT2D eigenvalue weighted by Crippen LogP contribution is -2.05. The monoisotopic (exact) mass is 454 g/mol. The number of nitrogens with zero attached hydrogens (tertiary/aromatic N) is 4. The van der Waals surface area contributed by atoms with E-state index in [0.29, 0.717) is 10.8 Å². The van der Waals surface area contributed by atoms with Crippen molar-refractivity contribution in [3.8, 4) is 11.4 Å². The molecule has 7 nitrogen and oxygen atoms in total. The number of ether oxygens (including phenoxy) is 2. The number of pyridine rings is 2. The van der Waals surface area contributed by atoms with Gasteiger partial charge in [0.05, 0.1) is 29.9 Å². The van der Waals surface area contributed by atoms with E-state index in [2.05, 4.69) is 9.97 Å². The first kappa shape index (κ1) is 21.1. The van der Waals surface area contributed by atoms with Gasteiger partial charge in [-0.2, -0.15) is 0 Å². The van der Waals surface area contributed by atoms with Crippen molar-refractivity contribution >= 4 is 40.2 Å². The SMILES string of the molecule is COC(=O)CSc1cncc(Cl)c1COc1cccc2c(-n3ccnc3)cc(C)nc12. The zero-order valence-electron chi connectivity index (χ0n) is 16.9. The van der Waals surface area contributed by atoms with E-state index >= 15 is 0 Å². The van der Waals surface area contributed by atoms with Crippen LogP contribution in [0, 0.1) is 6.92 Å². The number of esters is 1. The van der Waals surface area contributed by atoms with Crippen molar-refractivity contribution in [1.82, 2.24) is 19.5 Å². The number of fused-ring (bicyclic) bond motifs is 1. The Morgan fingerprint density at radius 1 is 1.26 bits per heavy atom. The van der Waals surface area contributed by atoms with Crippen molar-refractivity contribution in [3.05, 3.63) is 71.7 Å². The molecule has 0 saturated carbocycles. The summed E-state index contributed by atoms with van der Waals surface area (Å²) in [6.45, 7) is 2.15. The van der Waals surface area contributed by atoms with E-state index in [0.717, 1.165) is 32.7 Å². The second-order valence-electron chi connectivity index (χ2n) is 6.66. The third-order valence-corrected chi connectivity index (χ3v) is 5.97. The molecule has 0 fully saturated rings. The Hall–Kier alpha value is -3.10. The van der Waals surface area contributed by atoms with Crippen molar-refractivity contribution in [3.63, 3.8) is 0 Å². The van der Waals surface area contributed by atoms with Crippen molar-refractivity contribution in [2.75, 3.05) is 12.9 Å². The minimum absolute atomic E-state index is 0.162. The van der Waals surface area contributed by atoms with Crippen LogP contribution in [0.3, 0.4) is 0 Å². The number of methoxy groups -OCH3 is 1. The average molecular weight is 455 g/mol. The number of aromatic nitrogens is 4. The van der Waals surface area contributed by atoms with Crippen LogP contribution >= 0.6 is 23.4 Å². The molecule has 9 heteroatoms. The van der Waals surface area contributed by atoms with Gasteiger partial charge >= 0.3 is 5.97 Å². The van der Waals surface area contributed by atoms with E-state index in [1.165, 1.54) is 18.9 Å². The van der Waals surface area contributed by atoms with Gasteiger partial charge in [0.2, 0.25) is 0 Å². The van der Waals surface area contributed by atoms with Crippen molar-refractivity contribution in [2.45, 2.75) is 18.4 Å². The van der Waals surface area contributed by atoms with E-state index in [-0.39, 0.29) is 18.3 Å². The third-order valence-electron chi connectivity index (χ3n) is 4.60. The van der Waals surface area contributed by atoms with Gasteiger partial charge in [-0.1, -0.05) is 23.7 Å². The lowest BCUT2D eigenvalue weighted by molar-refractivity contribution is -0.137. The maximum absolute atomic E-state index is 11.5. The number of para-hydroxylation sites is 1. The van der Waals surface area contributed by atoms with Crippen LogP contribution in [0.4, 0.5) is 0 Å². The summed E-state index contributed by atoms with van der Waals surface area (Å²) in [7, 11) is 1.36. The summed E-state index contributed by atoms with van der Waals surface area (Å²) in [5.74, 6) is 0.478. The Balaban J connectivity index is 1.66. The van der Waals surface area contributed by atoms with E-state index in [1.807, 2.05) is 42.0 Å². The Morgan fingerprint density at radius 3 is 2.90 bits per heavy atom. The maximum Gasteiger partial charge on any atom is 0.315 e. The minimum Gasteiger partial charge on any atom is -0.487 e. The standard InChI is InChI=1S/C22H19ClN4O3S/c1-14-8-18(27-7-6-24-13-27)15-4-3-5-19(22(15)26-14)30-11-16-17(23)9-25-10-20(16)31-12-21(28)29-2/h3-10,13H,11-12H2,1-2H3. The largest absolute Gasteiger partial charge is 0.487 e. The van der Waals surface area contributed by atoms with Gasteiger partial charge in [-0.05, 0) is 19.1 Å². The molecular weight excluding hydrogens is 436 g/mol. The molecule has 0 aliphatic carbocycles. The quantitative estimate of drug-likeness (QED) is 0.297. The Labute approximate surface area is 188 Å². The molecule has 0 saturated heterocycles. The first-order valence-corrected chi connectivity index (χ1v) is 10.8. The van der Waals surface area contributed by atoms with Gasteiger partial charge < -0.3 is 14.0 Å². The molecule has 0 unspecified atom stereocenters. The number of benzene rings is 1. The van der Waals surface area contributed by atoms with Gasteiger partial charge in [-0.25, -0.2) is 9.97 Å². The second-order valence-corrected chi connectivity index (χ2v) is 8.08. The van der Waals surface area contributed by atoms with Gasteiger partial charge in [0.15, 0.2) is 0 Å². The van der Waals surface area contributed by atoms with Crippen molar-refractivity contribution in [2.24, 2.45) is 0 Å². The summed E-state index contributed by atoms with van der Waals surface area (Å²) in [5, 5.41) is 1.42. The number of carbonyl (C=O) groups is 1. The van der Waals surface area contributed by atoms with E-state index in [4.69, 9.17) is 26.1 Å². The zero-order chi connectivity index (χ0) is 21.8. The number of aryl methyl sites for hydroxylation is 1. The molecule has 158 valence electrons. The molecule has 3 aromatic heterocycles. The fraction of sp³-hybridized carbons (Fsp3) is 0.182. The molecule has 3 heterocycles. The summed E-state index contributed by atoms with van der Waals surface area (Å²) in [5.41, 5.74) is 3.34. The van der Waals surface area contributed by atoms with Gasteiger partial charge in [-0.15, -0.1) is 11.8 Å². The number of imidazole rings is 1. The van der Waals surface area contributed by atoms with Crippen LogP contribution in [-0.2, 0) is 16.1 Å². The van der Waals surface area contributed by atoms with Gasteiger partial charge in [0.25, 0.3) is 0 Å². The highest BCUT2D eigenvalue weighted by atomic mass is 35.5. The second kappa shape index (κ2) is 9.36. The molecule has 0 spiro atoms. The molecule has 0 bridgehead atoms. The van der Waals surface area contributed by atoms with Crippen LogP contribution in [0.15, 0.2) is 60.3 Å². The number of rotatable bonds is 7. The van der Waals surface area contributed by atoms with Crippen LogP contribution in [-0.4, -0.2) is 38.4 Å². The third kappa shape index (κ3) is 4.65. The predicted octanol–water partition coefficient (Wildman–Crippen LogP) is 4.62. The first-order valence-electron chi connectivity index (χ1n) is 9.40. The summed E-state index contributed by atoms with van der Waals surface area (Å²) < 4.78 is 12.8. The van der Waals surface area contributed by atoms with E-state index in [9.17, 15) is 4.79 Å². The Kier molecular flexibility index (Phi) is 6.39. The van der Waals surface area contributed by atoms with Crippen molar-refractivity contribution in [1.29, 1.82) is 0 Å². The molecule has 4 rings (SSSR count). The van der Waals surface area contributed by atoms with Crippen LogP contribution in [0.2, 0.25) is 5.02 Å². The summed E-state index contributed by atoms with van der Waals surface area (Å²) in [6, 6.07) is 7.81. The highest BCUT2D eigenvalue weighted by Crippen LogP contribution is 2.32. The highest BCUT2D eigenvalue weighted by Gasteiger charge is 2.14. The molecule has 4 aromatic rings. The van der Waals surface area contributed by atoms with E-state index in [1.54, 1.807) is 24.9 Å². The average Bonchev–Trinajstić information content (AvgIpc) is 3.31. The number of thioether (sulfide) groups is 1. The molecule has 0 atom stereocenters. The van der Waals surface area contributed by atoms with Crippen LogP contribution in [0.5, 0.6) is 5.75 Å². The van der Waals surface area contributed by atoms with Crippen LogP contribution < -0.4 is 4.74 Å². The number of carbonyl (C=O) groups excluding carboxylic acids is 1. The normalized spacial score (nSPS) is 10.9. The number of halogens is 1. The van der Waals surface area contributed by atoms with Gasteiger partial charge in [0.1, 0.15) is 17.9 Å². The van der Waals surface area contributed by atoms with Crippen LogP contribution in [0.1, 0.15) is 11.3 Å². The Bertz CT molecular complexity index is 1230. The number of hydrogen-bond donors (Lipinski definition) is 0. The zero-order valence-corrected chi connectivity index (χ0v) is 18.5. The van der Waals surface area contributed by atoms with Gasteiger partial charge in [0, 0.05) is 46.3 Å². The summed E-state index contributed by atoms with van der Waals surface area (Å²) in [6.07, 6.45) is 8.61. The summed E-state index contributed by atoms with van der Waals surface area (Å²) in [4.78, 5) is 25.3. The molecule has 0 amide bonds. The first-order chi connectivity index (χ1) is 15.1. The fourth-order valence-electron chi connectivity index (χ4n) is 3.11. The van der Waals surface area contributed by atoms with E-state index < -0.39 is 0 Å². The minimum atomic E-state index is -0.322. The topological polar surface area (TPSA) is 79.1 Å². The molecule has 31 heavy (non-hydrogen) atoms. The highest BCUT2D eigenvalue weighted by molar-refractivity contribution is 8.00. The fourth-order valence-corrected chi connectivity index (χ4v) is 4.25. The molecule has 0 N–H and O–H groups in total.